The highest BCUT2D eigenvalue weighted by atomic mass is 35.5. The van der Waals surface area contributed by atoms with Gasteiger partial charge in [0.05, 0.1) is 0 Å². The number of amides is 2. The Labute approximate surface area is 189 Å². The molecule has 0 spiro atoms. The van der Waals surface area contributed by atoms with E-state index in [4.69, 9.17) is 23.2 Å². The van der Waals surface area contributed by atoms with E-state index < -0.39 is 6.04 Å². The third kappa shape index (κ3) is 7.33. The summed E-state index contributed by atoms with van der Waals surface area (Å²) in [7, 11) is 0. The molecule has 30 heavy (non-hydrogen) atoms. The molecule has 0 aliphatic heterocycles. The Balaban J connectivity index is 2.36. The van der Waals surface area contributed by atoms with Crippen molar-refractivity contribution in [3.05, 3.63) is 69.7 Å². The molecule has 0 saturated carbocycles. The van der Waals surface area contributed by atoms with Gasteiger partial charge >= 0.3 is 0 Å². The van der Waals surface area contributed by atoms with Crippen LogP contribution in [0.3, 0.4) is 0 Å². The molecule has 6 heteroatoms. The fraction of sp³-hybridized carbons (Fsp3) is 0.417. The van der Waals surface area contributed by atoms with Gasteiger partial charge in [-0.25, -0.2) is 0 Å². The zero-order chi connectivity index (χ0) is 21.9. The lowest BCUT2D eigenvalue weighted by atomic mass is 10.0. The highest BCUT2D eigenvalue weighted by molar-refractivity contribution is 6.35. The van der Waals surface area contributed by atoms with Crippen LogP contribution >= 0.6 is 23.2 Å². The molecule has 0 aromatic heterocycles. The first-order chi connectivity index (χ1) is 14.5. The summed E-state index contributed by atoms with van der Waals surface area (Å²) in [5, 5.41) is 4.03. The van der Waals surface area contributed by atoms with Crippen molar-refractivity contribution in [3.8, 4) is 0 Å². The molecule has 0 aliphatic rings. The molecule has 2 amide bonds. The Morgan fingerprint density at radius 1 is 1.03 bits per heavy atom. The Morgan fingerprint density at radius 2 is 1.77 bits per heavy atom. The lowest BCUT2D eigenvalue weighted by Gasteiger charge is -2.32. The van der Waals surface area contributed by atoms with Gasteiger partial charge in [-0.1, -0.05) is 79.9 Å². The minimum Gasteiger partial charge on any atom is -0.354 e. The van der Waals surface area contributed by atoms with Gasteiger partial charge in [-0.3, -0.25) is 9.59 Å². The molecule has 0 aliphatic carbocycles. The molecule has 0 fully saturated rings. The van der Waals surface area contributed by atoms with E-state index in [1.807, 2.05) is 43.3 Å². The van der Waals surface area contributed by atoms with E-state index in [9.17, 15) is 9.59 Å². The van der Waals surface area contributed by atoms with Gasteiger partial charge in [0, 0.05) is 36.0 Å². The summed E-state index contributed by atoms with van der Waals surface area (Å²) in [6.45, 7) is 4.89. The molecule has 0 heterocycles. The van der Waals surface area contributed by atoms with E-state index in [1.54, 1.807) is 17.0 Å². The lowest BCUT2D eigenvalue weighted by molar-refractivity contribution is -0.141. The van der Waals surface area contributed by atoms with Crippen LogP contribution in [0.5, 0.6) is 0 Å². The molecule has 1 N–H and O–H groups in total. The van der Waals surface area contributed by atoms with Gasteiger partial charge in [0.25, 0.3) is 0 Å². The number of hydrogen-bond donors (Lipinski definition) is 1. The molecule has 4 nitrogen and oxygen atoms in total. The zero-order valence-corrected chi connectivity index (χ0v) is 19.2. The third-order valence-electron chi connectivity index (χ3n) is 4.92. The summed E-state index contributed by atoms with van der Waals surface area (Å²) in [6, 6.07) is 14.4. The Morgan fingerprint density at radius 3 is 2.40 bits per heavy atom. The van der Waals surface area contributed by atoms with Gasteiger partial charge in [0.1, 0.15) is 6.04 Å². The van der Waals surface area contributed by atoms with E-state index in [0.29, 0.717) is 35.9 Å². The highest BCUT2D eigenvalue weighted by Crippen LogP contribution is 2.24. The number of nitrogens with zero attached hydrogens (tertiary/aromatic N) is 1. The van der Waals surface area contributed by atoms with Crippen molar-refractivity contribution in [1.29, 1.82) is 0 Å². The van der Waals surface area contributed by atoms with Crippen LogP contribution in [0.25, 0.3) is 0 Å². The van der Waals surface area contributed by atoms with Gasteiger partial charge in [-0.2, -0.15) is 0 Å². The summed E-state index contributed by atoms with van der Waals surface area (Å²) >= 11 is 12.4. The van der Waals surface area contributed by atoms with Gasteiger partial charge < -0.3 is 10.2 Å². The summed E-state index contributed by atoms with van der Waals surface area (Å²) < 4.78 is 0. The first-order valence-electron chi connectivity index (χ1n) is 10.5. The number of unbranched alkanes of at least 4 members (excludes halogenated alkanes) is 1. The van der Waals surface area contributed by atoms with E-state index in [-0.39, 0.29) is 18.4 Å². The average molecular weight is 449 g/mol. The second kappa shape index (κ2) is 12.6. The van der Waals surface area contributed by atoms with Crippen LogP contribution in [0.4, 0.5) is 0 Å². The molecule has 0 saturated heterocycles. The number of rotatable bonds is 11. The molecule has 0 bridgehead atoms. The minimum atomic E-state index is -0.616. The molecule has 162 valence electrons. The smallest absolute Gasteiger partial charge is 0.243 e. The highest BCUT2D eigenvalue weighted by Gasteiger charge is 2.30. The fourth-order valence-corrected chi connectivity index (χ4v) is 3.72. The summed E-state index contributed by atoms with van der Waals surface area (Å²) in [5.74, 6) is -0.197. The number of hydrogen-bond acceptors (Lipinski definition) is 2. The van der Waals surface area contributed by atoms with Crippen LogP contribution in [0.15, 0.2) is 48.5 Å². The first-order valence-corrected chi connectivity index (χ1v) is 11.3. The monoisotopic (exact) mass is 448 g/mol. The van der Waals surface area contributed by atoms with Crippen LogP contribution in [0, 0.1) is 0 Å². The average Bonchev–Trinajstić information content (AvgIpc) is 2.73. The number of nitrogens with one attached hydrogen (secondary N) is 1. The van der Waals surface area contributed by atoms with Crippen LogP contribution in [-0.4, -0.2) is 29.3 Å². The number of carbonyl (C=O) groups is 2. The normalized spacial score (nSPS) is 11.7. The second-order valence-corrected chi connectivity index (χ2v) is 8.20. The standard InChI is InChI=1S/C24H30Cl2N2O2/c1-3-5-14-27-24(30)22(15-18-10-7-6-8-11-18)28(23(29)9-4-2)17-19-12-13-20(25)16-21(19)26/h6-8,10-13,16,22H,3-5,9,14-15,17H2,1-2H3,(H,27,30)/t22-/m0/s1. The summed E-state index contributed by atoms with van der Waals surface area (Å²) in [4.78, 5) is 27.9. The van der Waals surface area contributed by atoms with Crippen molar-refractivity contribution < 1.29 is 9.59 Å². The SMILES string of the molecule is CCCCNC(=O)[C@H](Cc1ccccc1)N(Cc1ccc(Cl)cc1Cl)C(=O)CCC. The van der Waals surface area contributed by atoms with Gasteiger partial charge in [-0.15, -0.1) is 0 Å². The van der Waals surface area contributed by atoms with Crippen molar-refractivity contribution in [2.45, 2.75) is 58.5 Å². The van der Waals surface area contributed by atoms with Crippen molar-refractivity contribution >= 4 is 35.0 Å². The minimum absolute atomic E-state index is 0.0601. The van der Waals surface area contributed by atoms with Gasteiger partial charge in [-0.05, 0) is 36.1 Å². The maximum atomic E-state index is 13.1. The summed E-state index contributed by atoms with van der Waals surface area (Å²) in [6.07, 6.45) is 3.41. The van der Waals surface area contributed by atoms with E-state index >= 15 is 0 Å². The fourth-order valence-electron chi connectivity index (χ4n) is 3.25. The van der Waals surface area contributed by atoms with Crippen LogP contribution in [0.2, 0.25) is 10.0 Å². The van der Waals surface area contributed by atoms with Crippen LogP contribution < -0.4 is 5.32 Å². The summed E-state index contributed by atoms with van der Waals surface area (Å²) in [5.41, 5.74) is 1.77. The maximum absolute atomic E-state index is 13.1. The molecule has 2 rings (SSSR count). The van der Waals surface area contributed by atoms with Crippen LogP contribution in [-0.2, 0) is 22.6 Å². The van der Waals surface area contributed by atoms with Gasteiger partial charge in [0.2, 0.25) is 11.8 Å². The predicted molar refractivity (Wildman–Crippen MR) is 124 cm³/mol. The number of benzene rings is 2. The molecular weight excluding hydrogens is 419 g/mol. The molecule has 0 radical (unpaired) electrons. The van der Waals surface area contributed by atoms with E-state index in [1.165, 1.54) is 0 Å². The third-order valence-corrected chi connectivity index (χ3v) is 5.51. The molecule has 2 aromatic rings. The van der Waals surface area contributed by atoms with Crippen LogP contribution in [0.1, 0.15) is 50.7 Å². The Kier molecular flexibility index (Phi) is 10.2. The predicted octanol–water partition coefficient (Wildman–Crippen LogP) is 5.65. The second-order valence-electron chi connectivity index (χ2n) is 7.36. The topological polar surface area (TPSA) is 49.4 Å². The molecule has 2 aromatic carbocycles. The molecule has 1 atom stereocenters. The zero-order valence-electron chi connectivity index (χ0n) is 17.7. The molecular formula is C24H30Cl2N2O2. The van der Waals surface area contributed by atoms with Gasteiger partial charge in [0.15, 0.2) is 0 Å². The largest absolute Gasteiger partial charge is 0.354 e. The van der Waals surface area contributed by atoms with Crippen molar-refractivity contribution in [1.82, 2.24) is 10.2 Å². The lowest BCUT2D eigenvalue weighted by Crippen LogP contribution is -2.50. The number of carbonyl (C=O) groups excluding carboxylic acids is 2. The van der Waals surface area contributed by atoms with Crippen molar-refractivity contribution in [3.63, 3.8) is 0 Å². The maximum Gasteiger partial charge on any atom is 0.243 e. The quantitative estimate of drug-likeness (QED) is 0.451. The van der Waals surface area contributed by atoms with E-state index in [2.05, 4.69) is 12.2 Å². The van der Waals surface area contributed by atoms with E-state index in [0.717, 1.165) is 24.0 Å². The Hall–Kier alpha value is -2.04. The van der Waals surface area contributed by atoms with Crippen molar-refractivity contribution in [2.75, 3.05) is 6.54 Å². The number of halogens is 2. The molecule has 0 unspecified atom stereocenters. The first kappa shape index (κ1) is 24.2. The Bertz CT molecular complexity index is 827. The van der Waals surface area contributed by atoms with Crippen molar-refractivity contribution in [2.24, 2.45) is 0 Å².